The molecule has 0 unspecified atom stereocenters. The van der Waals surface area contributed by atoms with Crippen LogP contribution >= 0.6 is 0 Å². The average molecular weight is 405 g/mol. The lowest BCUT2D eigenvalue weighted by Crippen LogP contribution is -2.34. The molecule has 3 rings (SSSR count). The summed E-state index contributed by atoms with van der Waals surface area (Å²) in [7, 11) is 0. The second-order valence-electron chi connectivity index (χ2n) is 6.63. The van der Waals surface area contributed by atoms with Gasteiger partial charge in [-0.3, -0.25) is 14.4 Å². The van der Waals surface area contributed by atoms with Crippen molar-refractivity contribution in [1.29, 1.82) is 0 Å². The Morgan fingerprint density at radius 1 is 0.833 bits per heavy atom. The Labute approximate surface area is 173 Å². The Morgan fingerprint density at radius 2 is 1.40 bits per heavy atom. The van der Waals surface area contributed by atoms with E-state index in [0.717, 1.165) is 23.3 Å². The van der Waals surface area contributed by atoms with Crippen LogP contribution in [0.1, 0.15) is 27.6 Å². The van der Waals surface area contributed by atoms with Crippen molar-refractivity contribution in [2.45, 2.75) is 13.0 Å². The second kappa shape index (κ2) is 9.60. The molecule has 0 bridgehead atoms. The molecular formula is C24H20FNO4. The maximum absolute atomic E-state index is 12.9. The molecule has 0 aromatic heterocycles. The van der Waals surface area contributed by atoms with Gasteiger partial charge in [0, 0.05) is 11.1 Å². The molecular weight excluding hydrogens is 385 g/mol. The van der Waals surface area contributed by atoms with E-state index in [1.54, 1.807) is 12.1 Å². The maximum atomic E-state index is 12.9. The van der Waals surface area contributed by atoms with Crippen LogP contribution in [0, 0.1) is 5.82 Å². The van der Waals surface area contributed by atoms with Crippen molar-refractivity contribution < 1.29 is 23.5 Å². The third kappa shape index (κ3) is 5.38. The van der Waals surface area contributed by atoms with Crippen LogP contribution in [0.4, 0.5) is 4.39 Å². The summed E-state index contributed by atoms with van der Waals surface area (Å²) in [5.41, 5.74) is 2.64. The van der Waals surface area contributed by atoms with E-state index >= 15 is 0 Å². The van der Waals surface area contributed by atoms with Crippen molar-refractivity contribution in [3.63, 3.8) is 0 Å². The molecule has 3 aromatic carbocycles. The van der Waals surface area contributed by atoms with Gasteiger partial charge in [-0.05, 0) is 54.4 Å². The summed E-state index contributed by atoms with van der Waals surface area (Å²) in [5, 5.41) is 2.48. The smallest absolute Gasteiger partial charge is 0.326 e. The molecule has 3 aromatic rings. The van der Waals surface area contributed by atoms with Crippen molar-refractivity contribution in [2.75, 3.05) is 6.54 Å². The number of ether oxygens (including phenoxy) is 1. The molecule has 152 valence electrons. The molecule has 30 heavy (non-hydrogen) atoms. The molecule has 0 aliphatic carbocycles. The number of nitrogens with one attached hydrogen (secondary N) is 1. The van der Waals surface area contributed by atoms with Gasteiger partial charge in [-0.15, -0.1) is 0 Å². The summed E-state index contributed by atoms with van der Waals surface area (Å²) >= 11 is 0. The number of benzene rings is 3. The number of Topliss-reactive ketones (excluding diaryl/α,β-unsaturated/α-hetero) is 1. The summed E-state index contributed by atoms with van der Waals surface area (Å²) in [5.74, 6) is -2.09. The quantitative estimate of drug-likeness (QED) is 0.476. The van der Waals surface area contributed by atoms with Gasteiger partial charge in [-0.2, -0.15) is 0 Å². The van der Waals surface area contributed by atoms with Gasteiger partial charge in [-0.1, -0.05) is 42.5 Å². The lowest BCUT2D eigenvalue weighted by Gasteiger charge is -2.13. The predicted octanol–water partition coefficient (Wildman–Crippen LogP) is 4.04. The van der Waals surface area contributed by atoms with Crippen LogP contribution in [0.25, 0.3) is 11.1 Å². The standard InChI is InChI=1S/C24H20FNO4/c1-16(23(28)19-11-13-21(25)14-12-19)30-22(27)15-26-24(29)20-9-7-18(8-10-20)17-5-3-2-4-6-17/h2-14,16H,15H2,1H3,(H,26,29)/t16-/m1/s1. The number of carbonyl (C=O) groups excluding carboxylic acids is 3. The third-order valence-corrected chi connectivity index (χ3v) is 4.45. The number of esters is 1. The van der Waals surface area contributed by atoms with Gasteiger partial charge in [0.15, 0.2) is 6.10 Å². The van der Waals surface area contributed by atoms with Gasteiger partial charge in [-0.25, -0.2) is 4.39 Å². The van der Waals surface area contributed by atoms with Crippen molar-refractivity contribution >= 4 is 17.7 Å². The van der Waals surface area contributed by atoms with E-state index in [4.69, 9.17) is 4.74 Å². The van der Waals surface area contributed by atoms with Crippen LogP contribution in [0.3, 0.4) is 0 Å². The van der Waals surface area contributed by atoms with E-state index < -0.39 is 29.6 Å². The monoisotopic (exact) mass is 405 g/mol. The summed E-state index contributed by atoms with van der Waals surface area (Å²) in [4.78, 5) is 36.4. The molecule has 0 saturated heterocycles. The first-order valence-electron chi connectivity index (χ1n) is 9.37. The van der Waals surface area contributed by atoms with Crippen LogP contribution < -0.4 is 5.32 Å². The molecule has 0 aliphatic rings. The molecule has 6 heteroatoms. The zero-order valence-corrected chi connectivity index (χ0v) is 16.3. The SMILES string of the molecule is C[C@@H](OC(=O)CNC(=O)c1ccc(-c2ccccc2)cc1)C(=O)c1ccc(F)cc1. The number of amides is 1. The largest absolute Gasteiger partial charge is 0.453 e. The Balaban J connectivity index is 1.51. The van der Waals surface area contributed by atoms with Gasteiger partial charge >= 0.3 is 5.97 Å². The van der Waals surface area contributed by atoms with Gasteiger partial charge in [0.05, 0.1) is 0 Å². The van der Waals surface area contributed by atoms with Crippen LogP contribution in [0.15, 0.2) is 78.9 Å². The molecule has 0 radical (unpaired) electrons. The van der Waals surface area contributed by atoms with Crippen LogP contribution in [0.5, 0.6) is 0 Å². The van der Waals surface area contributed by atoms with Crippen molar-refractivity contribution in [2.24, 2.45) is 0 Å². The number of rotatable bonds is 7. The molecule has 0 aliphatic heterocycles. The fourth-order valence-electron chi connectivity index (χ4n) is 2.84. The predicted molar refractivity (Wildman–Crippen MR) is 110 cm³/mol. The van der Waals surface area contributed by atoms with Crippen molar-refractivity contribution in [3.05, 3.63) is 95.8 Å². The van der Waals surface area contributed by atoms with E-state index in [1.165, 1.54) is 19.1 Å². The maximum Gasteiger partial charge on any atom is 0.326 e. The molecule has 0 spiro atoms. The van der Waals surface area contributed by atoms with E-state index in [9.17, 15) is 18.8 Å². The second-order valence-corrected chi connectivity index (χ2v) is 6.63. The molecule has 0 saturated carbocycles. The van der Waals surface area contributed by atoms with E-state index in [0.29, 0.717) is 5.56 Å². The first kappa shape index (κ1) is 20.9. The summed E-state index contributed by atoms with van der Waals surface area (Å²) in [6.45, 7) is 1.05. The molecule has 5 nitrogen and oxygen atoms in total. The minimum atomic E-state index is -1.05. The highest BCUT2D eigenvalue weighted by Gasteiger charge is 2.20. The number of carbonyl (C=O) groups is 3. The molecule has 0 fully saturated rings. The van der Waals surface area contributed by atoms with Gasteiger partial charge in [0.1, 0.15) is 12.4 Å². The lowest BCUT2D eigenvalue weighted by atomic mass is 10.0. The Bertz CT molecular complexity index is 1030. The zero-order chi connectivity index (χ0) is 21.5. The van der Waals surface area contributed by atoms with E-state index in [-0.39, 0.29) is 12.1 Å². The van der Waals surface area contributed by atoms with E-state index in [1.807, 2.05) is 42.5 Å². The average Bonchev–Trinajstić information content (AvgIpc) is 2.78. The normalized spacial score (nSPS) is 11.4. The van der Waals surface area contributed by atoms with E-state index in [2.05, 4.69) is 5.32 Å². The number of ketones is 1. The van der Waals surface area contributed by atoms with Gasteiger partial charge in [0.2, 0.25) is 5.78 Å². The molecule has 0 heterocycles. The fourth-order valence-corrected chi connectivity index (χ4v) is 2.84. The topological polar surface area (TPSA) is 72.5 Å². The fraction of sp³-hybridized carbons (Fsp3) is 0.125. The molecule has 1 N–H and O–H groups in total. The molecule has 1 amide bonds. The first-order valence-corrected chi connectivity index (χ1v) is 9.37. The summed E-state index contributed by atoms with van der Waals surface area (Å²) in [6, 6.07) is 21.7. The van der Waals surface area contributed by atoms with Crippen molar-refractivity contribution in [1.82, 2.24) is 5.32 Å². The Kier molecular flexibility index (Phi) is 6.70. The Hall–Kier alpha value is -3.80. The number of hydrogen-bond acceptors (Lipinski definition) is 4. The van der Waals surface area contributed by atoms with Crippen molar-refractivity contribution in [3.8, 4) is 11.1 Å². The Morgan fingerprint density at radius 3 is 2.03 bits per heavy atom. The highest BCUT2D eigenvalue weighted by atomic mass is 19.1. The summed E-state index contributed by atoms with van der Waals surface area (Å²) < 4.78 is 18.0. The minimum Gasteiger partial charge on any atom is -0.453 e. The highest BCUT2D eigenvalue weighted by Crippen LogP contribution is 2.19. The highest BCUT2D eigenvalue weighted by molar-refractivity contribution is 6.00. The van der Waals surface area contributed by atoms with Gasteiger partial charge in [0.25, 0.3) is 5.91 Å². The first-order chi connectivity index (χ1) is 14.4. The lowest BCUT2D eigenvalue weighted by molar-refractivity contribution is -0.145. The summed E-state index contributed by atoms with van der Waals surface area (Å²) in [6.07, 6.45) is -1.05. The van der Waals surface area contributed by atoms with Crippen LogP contribution in [-0.4, -0.2) is 30.3 Å². The van der Waals surface area contributed by atoms with Crippen LogP contribution in [-0.2, 0) is 9.53 Å². The minimum absolute atomic E-state index is 0.235. The third-order valence-electron chi connectivity index (χ3n) is 4.45. The number of hydrogen-bond donors (Lipinski definition) is 1. The van der Waals surface area contributed by atoms with Crippen LogP contribution in [0.2, 0.25) is 0 Å². The molecule has 1 atom stereocenters. The van der Waals surface area contributed by atoms with Gasteiger partial charge < -0.3 is 10.1 Å². The number of halogens is 1. The zero-order valence-electron chi connectivity index (χ0n) is 16.3.